The molecule has 182 valence electrons. The highest BCUT2D eigenvalue weighted by molar-refractivity contribution is 7.92. The van der Waals surface area contributed by atoms with Crippen LogP contribution >= 0.6 is 0 Å². The molecule has 0 fully saturated rings. The highest BCUT2D eigenvalue weighted by atomic mass is 32.2. The van der Waals surface area contributed by atoms with E-state index in [0.717, 1.165) is 14.9 Å². The maximum absolute atomic E-state index is 12.6. The molecule has 0 aromatic heterocycles. The van der Waals surface area contributed by atoms with Gasteiger partial charge in [-0.15, -0.1) is 0 Å². The number of rotatable bonds is 11. The lowest BCUT2D eigenvalue weighted by Crippen LogP contribution is -2.48. The van der Waals surface area contributed by atoms with Crippen molar-refractivity contribution in [3.05, 3.63) is 48.5 Å². The van der Waals surface area contributed by atoms with Gasteiger partial charge in [-0.2, -0.15) is 0 Å². The first-order valence-electron chi connectivity index (χ1n) is 9.94. The number of methoxy groups -OCH3 is 1. The van der Waals surface area contributed by atoms with Crippen LogP contribution in [-0.2, 0) is 24.8 Å². The van der Waals surface area contributed by atoms with Gasteiger partial charge >= 0.3 is 0 Å². The van der Waals surface area contributed by atoms with Crippen molar-refractivity contribution in [2.45, 2.75) is 17.9 Å². The highest BCUT2D eigenvalue weighted by Gasteiger charge is 2.29. The molecule has 1 amide bonds. The van der Waals surface area contributed by atoms with E-state index in [1.807, 2.05) is 0 Å². The van der Waals surface area contributed by atoms with Gasteiger partial charge in [-0.05, 0) is 43.3 Å². The third kappa shape index (κ3) is 6.83. The molecule has 0 spiro atoms. The molecule has 12 heteroatoms. The first-order valence-corrected chi connectivity index (χ1v) is 13.2. The van der Waals surface area contributed by atoms with Crippen molar-refractivity contribution in [2.75, 3.05) is 44.9 Å². The molecule has 10 nitrogen and oxygen atoms in total. The maximum Gasteiger partial charge on any atom is 0.243 e. The molecule has 2 rings (SSSR count). The van der Waals surface area contributed by atoms with Crippen molar-refractivity contribution >= 4 is 31.6 Å². The summed E-state index contributed by atoms with van der Waals surface area (Å²) < 4.78 is 61.7. The predicted octanol–water partition coefficient (Wildman–Crippen LogP) is 1.30. The van der Waals surface area contributed by atoms with E-state index in [1.54, 1.807) is 18.2 Å². The van der Waals surface area contributed by atoms with Crippen molar-refractivity contribution in [1.29, 1.82) is 0 Å². The van der Waals surface area contributed by atoms with Crippen LogP contribution in [0.5, 0.6) is 11.5 Å². The number of benzene rings is 2. The summed E-state index contributed by atoms with van der Waals surface area (Å²) >= 11 is 0. The molecule has 0 saturated heterocycles. The summed E-state index contributed by atoms with van der Waals surface area (Å²) in [5.41, 5.74) is 0.309. The van der Waals surface area contributed by atoms with Crippen LogP contribution in [0.4, 0.5) is 5.69 Å². The standard InChI is InChI=1S/C21H29N3O7S2/c1-16(24(32(5,26)27)17-7-6-8-19(15-17)30-4)21(25)22-13-14-31-18-9-11-20(12-10-18)33(28,29)23(2)3/h6-12,15-16H,13-14H2,1-5H3,(H,22,25). The zero-order chi connectivity index (χ0) is 24.8. The molecule has 1 atom stereocenters. The summed E-state index contributed by atoms with van der Waals surface area (Å²) in [5, 5.41) is 2.65. The SMILES string of the molecule is COc1cccc(N(C(C)C(=O)NCCOc2ccc(S(=O)(=O)N(C)C)cc2)S(C)(=O)=O)c1. The Morgan fingerprint density at radius 3 is 2.21 bits per heavy atom. The fourth-order valence-corrected chi connectivity index (χ4v) is 5.03. The Morgan fingerprint density at radius 1 is 1.03 bits per heavy atom. The summed E-state index contributed by atoms with van der Waals surface area (Å²) in [6.45, 7) is 1.72. The number of sulfonamides is 2. The molecule has 0 aliphatic rings. The molecule has 0 bridgehead atoms. The normalized spacial score (nSPS) is 12.8. The Bertz CT molecular complexity index is 1160. The topological polar surface area (TPSA) is 122 Å². The first-order chi connectivity index (χ1) is 15.4. The van der Waals surface area contributed by atoms with Gasteiger partial charge in [0, 0.05) is 20.2 Å². The molecule has 0 aliphatic heterocycles. The number of nitrogens with zero attached hydrogens (tertiary/aromatic N) is 2. The summed E-state index contributed by atoms with van der Waals surface area (Å²) in [7, 11) is -2.92. The molecular weight excluding hydrogens is 470 g/mol. The van der Waals surface area contributed by atoms with Gasteiger partial charge in [0.25, 0.3) is 0 Å². The third-order valence-electron chi connectivity index (χ3n) is 4.67. The smallest absolute Gasteiger partial charge is 0.243 e. The number of anilines is 1. The molecule has 2 aromatic rings. The Morgan fingerprint density at radius 2 is 1.67 bits per heavy atom. The van der Waals surface area contributed by atoms with Gasteiger partial charge in [0.05, 0.1) is 30.5 Å². The van der Waals surface area contributed by atoms with E-state index in [9.17, 15) is 21.6 Å². The second-order valence-electron chi connectivity index (χ2n) is 7.33. The van der Waals surface area contributed by atoms with Crippen LogP contribution in [0.1, 0.15) is 6.92 Å². The number of nitrogens with one attached hydrogen (secondary N) is 1. The van der Waals surface area contributed by atoms with Crippen LogP contribution < -0.4 is 19.1 Å². The Kier molecular flexibility index (Phi) is 8.69. The van der Waals surface area contributed by atoms with E-state index >= 15 is 0 Å². The van der Waals surface area contributed by atoms with Gasteiger partial charge in [0.15, 0.2) is 0 Å². The molecule has 2 aromatic carbocycles. The first kappa shape index (κ1) is 26.4. The number of carbonyl (C=O) groups is 1. The van der Waals surface area contributed by atoms with Crippen LogP contribution in [0.2, 0.25) is 0 Å². The second kappa shape index (κ2) is 10.9. The molecule has 0 radical (unpaired) electrons. The molecule has 0 heterocycles. The molecule has 0 saturated carbocycles. The largest absolute Gasteiger partial charge is 0.497 e. The summed E-state index contributed by atoms with van der Waals surface area (Å²) in [4.78, 5) is 12.8. The van der Waals surface area contributed by atoms with Crippen molar-refractivity contribution in [1.82, 2.24) is 9.62 Å². The monoisotopic (exact) mass is 499 g/mol. The second-order valence-corrected chi connectivity index (χ2v) is 11.3. The van der Waals surface area contributed by atoms with E-state index < -0.39 is 32.0 Å². The zero-order valence-electron chi connectivity index (χ0n) is 19.2. The number of ether oxygens (including phenoxy) is 2. The Balaban J connectivity index is 1.97. The summed E-state index contributed by atoms with van der Waals surface area (Å²) in [5.74, 6) is 0.398. The number of hydrogen-bond donors (Lipinski definition) is 1. The van der Waals surface area contributed by atoms with Crippen LogP contribution in [0.25, 0.3) is 0 Å². The van der Waals surface area contributed by atoms with E-state index in [-0.39, 0.29) is 18.0 Å². The average molecular weight is 500 g/mol. The van der Waals surface area contributed by atoms with Crippen molar-refractivity contribution in [3.8, 4) is 11.5 Å². The minimum atomic E-state index is -3.75. The fraction of sp³-hybridized carbons (Fsp3) is 0.381. The zero-order valence-corrected chi connectivity index (χ0v) is 20.8. The summed E-state index contributed by atoms with van der Waals surface area (Å²) in [6.07, 6.45) is 1.03. The van der Waals surface area contributed by atoms with Crippen LogP contribution in [-0.4, -0.2) is 73.7 Å². The van der Waals surface area contributed by atoms with Crippen LogP contribution in [0.3, 0.4) is 0 Å². The van der Waals surface area contributed by atoms with Crippen molar-refractivity contribution in [2.24, 2.45) is 0 Å². The van der Waals surface area contributed by atoms with Gasteiger partial charge in [0.2, 0.25) is 26.0 Å². The summed E-state index contributed by atoms with van der Waals surface area (Å²) in [6, 6.07) is 11.3. The van der Waals surface area contributed by atoms with E-state index in [0.29, 0.717) is 17.2 Å². The minimum Gasteiger partial charge on any atom is -0.497 e. The van der Waals surface area contributed by atoms with Gasteiger partial charge in [0.1, 0.15) is 24.1 Å². The van der Waals surface area contributed by atoms with E-state index in [1.165, 1.54) is 58.5 Å². The maximum atomic E-state index is 12.6. The van der Waals surface area contributed by atoms with Gasteiger partial charge in [-0.25, -0.2) is 21.1 Å². The van der Waals surface area contributed by atoms with E-state index in [2.05, 4.69) is 5.32 Å². The fourth-order valence-electron chi connectivity index (χ4n) is 2.97. The minimum absolute atomic E-state index is 0.107. The van der Waals surface area contributed by atoms with Crippen LogP contribution in [0, 0.1) is 0 Å². The average Bonchev–Trinajstić information content (AvgIpc) is 2.76. The van der Waals surface area contributed by atoms with Gasteiger partial charge in [-0.3, -0.25) is 9.10 Å². The molecule has 33 heavy (non-hydrogen) atoms. The van der Waals surface area contributed by atoms with Gasteiger partial charge in [-0.1, -0.05) is 6.07 Å². The number of amides is 1. The number of carbonyl (C=O) groups excluding carboxylic acids is 1. The molecular formula is C21H29N3O7S2. The van der Waals surface area contributed by atoms with Crippen molar-refractivity contribution < 1.29 is 31.1 Å². The van der Waals surface area contributed by atoms with E-state index in [4.69, 9.17) is 9.47 Å². The number of hydrogen-bond acceptors (Lipinski definition) is 7. The molecule has 0 aliphatic carbocycles. The quantitative estimate of drug-likeness (QED) is 0.462. The third-order valence-corrected chi connectivity index (χ3v) is 7.74. The Hall–Kier alpha value is -2.83. The lowest BCUT2D eigenvalue weighted by molar-refractivity contribution is -0.121. The lowest BCUT2D eigenvalue weighted by Gasteiger charge is -2.28. The molecule has 1 unspecified atom stereocenters. The van der Waals surface area contributed by atoms with Crippen molar-refractivity contribution in [3.63, 3.8) is 0 Å². The lowest BCUT2D eigenvalue weighted by atomic mass is 10.2. The van der Waals surface area contributed by atoms with Crippen LogP contribution in [0.15, 0.2) is 53.4 Å². The van der Waals surface area contributed by atoms with Gasteiger partial charge < -0.3 is 14.8 Å². The highest BCUT2D eigenvalue weighted by Crippen LogP contribution is 2.25. The molecule has 1 N–H and O–H groups in total. The Labute approximate surface area is 195 Å². The predicted molar refractivity (Wildman–Crippen MR) is 126 cm³/mol.